The number of hydrogen-bond donors (Lipinski definition) is 9. The van der Waals surface area contributed by atoms with Gasteiger partial charge in [0, 0.05) is 6.42 Å². The van der Waals surface area contributed by atoms with Crippen LogP contribution in [0.4, 0.5) is 0 Å². The third-order valence-corrected chi connectivity index (χ3v) is 13.2. The van der Waals surface area contributed by atoms with Crippen LogP contribution < -0.4 is 5.32 Å². The van der Waals surface area contributed by atoms with Crippen LogP contribution in [0.5, 0.6) is 0 Å². The monoisotopic (exact) mass is 994 g/mol. The summed E-state index contributed by atoms with van der Waals surface area (Å²) < 4.78 is 22.7. The Morgan fingerprint density at radius 1 is 0.514 bits per heavy atom. The molecule has 12 unspecified atom stereocenters. The first-order valence-corrected chi connectivity index (χ1v) is 27.5. The lowest BCUT2D eigenvalue weighted by atomic mass is 9.97. The minimum absolute atomic E-state index is 0.257. The van der Waals surface area contributed by atoms with Gasteiger partial charge in [-0.3, -0.25) is 4.79 Å². The molecular weight excluding hydrogens is 895 g/mol. The fourth-order valence-electron chi connectivity index (χ4n) is 8.67. The van der Waals surface area contributed by atoms with Crippen LogP contribution in [0.1, 0.15) is 194 Å². The maximum atomic E-state index is 13.2. The maximum Gasteiger partial charge on any atom is 0.220 e. The van der Waals surface area contributed by atoms with Gasteiger partial charge in [-0.2, -0.15) is 0 Å². The van der Waals surface area contributed by atoms with Crippen molar-refractivity contribution < 1.29 is 64.6 Å². The fourth-order valence-corrected chi connectivity index (χ4v) is 8.67. The zero-order valence-electron chi connectivity index (χ0n) is 43.2. The molecule has 14 nitrogen and oxygen atoms in total. The number of hydrogen-bond acceptors (Lipinski definition) is 13. The van der Waals surface area contributed by atoms with E-state index in [2.05, 4.69) is 67.8 Å². The Morgan fingerprint density at radius 3 is 1.50 bits per heavy atom. The number of ether oxygens (including phenoxy) is 4. The van der Waals surface area contributed by atoms with E-state index in [0.29, 0.717) is 12.8 Å². The SMILES string of the molecule is CCCCCCC/C=C\C/C=C\C/C=C\CCCCCCCCCCCCC(=O)NC(COC1OC(CO)C(OC2OC(CO)C(O)C(O)C2O)C(O)C1O)C(O)/C=C/CC/C=C/CCCCCCC. The smallest absolute Gasteiger partial charge is 0.220 e. The lowest BCUT2D eigenvalue weighted by Crippen LogP contribution is -2.65. The third kappa shape index (κ3) is 28.2. The molecule has 2 saturated heterocycles. The van der Waals surface area contributed by atoms with Gasteiger partial charge >= 0.3 is 0 Å². The van der Waals surface area contributed by atoms with E-state index in [9.17, 15) is 45.6 Å². The molecule has 0 aromatic carbocycles. The van der Waals surface area contributed by atoms with Crippen LogP contribution in [0.25, 0.3) is 0 Å². The second kappa shape index (κ2) is 42.1. The second-order valence-corrected chi connectivity index (χ2v) is 19.3. The predicted octanol–water partition coefficient (Wildman–Crippen LogP) is 8.22. The van der Waals surface area contributed by atoms with Crippen molar-refractivity contribution in [2.45, 2.75) is 267 Å². The number of rotatable bonds is 42. The molecule has 406 valence electrons. The third-order valence-electron chi connectivity index (χ3n) is 13.2. The highest BCUT2D eigenvalue weighted by molar-refractivity contribution is 5.76. The average Bonchev–Trinajstić information content (AvgIpc) is 3.36. The molecule has 0 aromatic heterocycles. The van der Waals surface area contributed by atoms with E-state index in [-0.39, 0.29) is 18.9 Å². The zero-order chi connectivity index (χ0) is 51.0. The van der Waals surface area contributed by atoms with Gasteiger partial charge in [-0.15, -0.1) is 0 Å². The van der Waals surface area contributed by atoms with Crippen molar-refractivity contribution in [2.75, 3.05) is 19.8 Å². The molecule has 2 heterocycles. The Hall–Kier alpha value is -2.31. The summed E-state index contributed by atoms with van der Waals surface area (Å²) in [6.07, 6.45) is 35.6. The number of carbonyl (C=O) groups excluding carboxylic acids is 1. The average molecular weight is 994 g/mol. The number of aliphatic hydroxyl groups is 8. The topological polar surface area (TPSA) is 228 Å². The molecule has 2 fully saturated rings. The molecule has 2 rings (SSSR count). The molecule has 2 aliphatic heterocycles. The van der Waals surface area contributed by atoms with E-state index in [1.165, 1.54) is 109 Å². The molecule has 0 aromatic rings. The fraction of sp³-hybridized carbons (Fsp3) is 0.804. The van der Waals surface area contributed by atoms with Crippen molar-refractivity contribution >= 4 is 5.91 Å². The molecule has 0 radical (unpaired) electrons. The zero-order valence-corrected chi connectivity index (χ0v) is 43.2. The minimum atomic E-state index is -1.79. The highest BCUT2D eigenvalue weighted by Crippen LogP contribution is 2.30. The quantitative estimate of drug-likeness (QED) is 0.0208. The number of aliphatic hydroxyl groups excluding tert-OH is 8. The van der Waals surface area contributed by atoms with Gasteiger partial charge in [0.05, 0.1) is 32.0 Å². The maximum absolute atomic E-state index is 13.2. The van der Waals surface area contributed by atoms with Crippen LogP contribution >= 0.6 is 0 Å². The number of unbranched alkanes of at least 4 members (excludes halogenated alkanes) is 21. The van der Waals surface area contributed by atoms with Crippen molar-refractivity contribution in [2.24, 2.45) is 0 Å². The molecule has 70 heavy (non-hydrogen) atoms. The van der Waals surface area contributed by atoms with Crippen molar-refractivity contribution in [1.82, 2.24) is 5.32 Å². The lowest BCUT2D eigenvalue weighted by Gasteiger charge is -2.46. The van der Waals surface area contributed by atoms with Gasteiger partial charge in [0.15, 0.2) is 12.6 Å². The standard InChI is InChI=1S/C56H99NO13/c1-3-5-7-9-11-13-15-16-17-18-19-20-21-22-23-24-25-26-27-28-30-32-34-36-38-40-48(61)57-44(45(60)39-37-35-33-31-29-14-12-10-8-6-4-2)43-67-55-53(66)51(64)54(47(42-59)69-55)70-56-52(65)50(63)49(62)46(41-58)68-56/h15-16,18-19,21-22,29,31,37,39,44-47,49-56,58-60,62-66H,3-14,17,20,23-28,30,32-36,38,40-43H2,1-2H3,(H,57,61)/b16-15-,19-18-,22-21-,31-29+,39-37+. The van der Waals surface area contributed by atoms with Gasteiger partial charge in [-0.25, -0.2) is 0 Å². The minimum Gasteiger partial charge on any atom is -0.394 e. The highest BCUT2D eigenvalue weighted by atomic mass is 16.7. The normalized spacial score (nSPS) is 26.4. The molecule has 0 bridgehead atoms. The van der Waals surface area contributed by atoms with Crippen LogP contribution in [0.2, 0.25) is 0 Å². The van der Waals surface area contributed by atoms with Crippen LogP contribution in [-0.2, 0) is 23.7 Å². The van der Waals surface area contributed by atoms with Gasteiger partial charge in [-0.1, -0.05) is 177 Å². The summed E-state index contributed by atoms with van der Waals surface area (Å²) in [4.78, 5) is 13.2. The van der Waals surface area contributed by atoms with Crippen LogP contribution in [0.3, 0.4) is 0 Å². The first-order chi connectivity index (χ1) is 34.1. The summed E-state index contributed by atoms with van der Waals surface area (Å²) in [5.74, 6) is -0.257. The Balaban J connectivity index is 1.75. The number of carbonyl (C=O) groups is 1. The second-order valence-electron chi connectivity index (χ2n) is 19.3. The van der Waals surface area contributed by atoms with Crippen molar-refractivity contribution in [3.8, 4) is 0 Å². The molecule has 0 aliphatic carbocycles. The Morgan fingerprint density at radius 2 is 0.957 bits per heavy atom. The molecule has 0 saturated carbocycles. The van der Waals surface area contributed by atoms with Gasteiger partial charge in [-0.05, 0) is 70.6 Å². The van der Waals surface area contributed by atoms with Gasteiger partial charge < -0.3 is 65.1 Å². The van der Waals surface area contributed by atoms with Crippen LogP contribution in [0, 0.1) is 0 Å². The van der Waals surface area contributed by atoms with Gasteiger partial charge in [0.25, 0.3) is 0 Å². The van der Waals surface area contributed by atoms with Crippen molar-refractivity contribution in [3.63, 3.8) is 0 Å². The molecule has 1 amide bonds. The molecule has 9 N–H and O–H groups in total. The molecule has 12 atom stereocenters. The van der Waals surface area contributed by atoms with E-state index >= 15 is 0 Å². The first kappa shape index (κ1) is 63.8. The van der Waals surface area contributed by atoms with Crippen LogP contribution in [-0.4, -0.2) is 140 Å². The predicted molar refractivity (Wildman–Crippen MR) is 277 cm³/mol. The summed E-state index contributed by atoms with van der Waals surface area (Å²) >= 11 is 0. The van der Waals surface area contributed by atoms with E-state index in [4.69, 9.17) is 18.9 Å². The van der Waals surface area contributed by atoms with Crippen LogP contribution in [0.15, 0.2) is 60.8 Å². The van der Waals surface area contributed by atoms with Crippen molar-refractivity contribution in [1.29, 1.82) is 0 Å². The summed E-state index contributed by atoms with van der Waals surface area (Å²) in [5.41, 5.74) is 0. The van der Waals surface area contributed by atoms with Crippen molar-refractivity contribution in [3.05, 3.63) is 60.8 Å². The number of nitrogens with one attached hydrogen (secondary N) is 1. The first-order valence-electron chi connectivity index (χ1n) is 27.5. The van der Waals surface area contributed by atoms with E-state index < -0.39 is 86.8 Å². The van der Waals surface area contributed by atoms with E-state index in [1.54, 1.807) is 6.08 Å². The van der Waals surface area contributed by atoms with E-state index in [0.717, 1.165) is 51.4 Å². The lowest BCUT2D eigenvalue weighted by molar-refractivity contribution is -0.359. The van der Waals surface area contributed by atoms with Gasteiger partial charge in [0.2, 0.25) is 5.91 Å². The largest absolute Gasteiger partial charge is 0.394 e. The summed E-state index contributed by atoms with van der Waals surface area (Å²) in [6, 6.07) is -0.934. The number of allylic oxidation sites excluding steroid dienone is 9. The summed E-state index contributed by atoms with van der Waals surface area (Å²) in [7, 11) is 0. The Bertz CT molecular complexity index is 1410. The number of amides is 1. The van der Waals surface area contributed by atoms with Gasteiger partial charge in [0.1, 0.15) is 48.8 Å². The highest BCUT2D eigenvalue weighted by Gasteiger charge is 2.51. The Labute approximate surface area is 422 Å². The molecule has 2 aliphatic rings. The molecule has 14 heteroatoms. The molecule has 0 spiro atoms. The summed E-state index contributed by atoms with van der Waals surface area (Å²) in [6.45, 7) is 2.72. The Kier molecular flexibility index (Phi) is 38.4. The van der Waals surface area contributed by atoms with E-state index in [1.807, 2.05) is 6.08 Å². The molecular formula is C56H99NO13. The summed E-state index contributed by atoms with van der Waals surface area (Å²) in [5, 5.41) is 86.7.